The summed E-state index contributed by atoms with van der Waals surface area (Å²) in [6.45, 7) is 2.15. The molecule has 2 heterocycles. The first-order valence-corrected chi connectivity index (χ1v) is 8.56. The Bertz CT molecular complexity index is 814. The molecule has 3 nitrogen and oxygen atoms in total. The fourth-order valence-electron chi connectivity index (χ4n) is 2.90. The maximum Gasteiger partial charge on any atom is 0.268 e. The van der Waals surface area contributed by atoms with Gasteiger partial charge in [0.1, 0.15) is 5.69 Å². The number of carbonyl (C=O) groups excluding carboxylic acids is 1. The van der Waals surface area contributed by atoms with Crippen molar-refractivity contribution in [3.05, 3.63) is 59.1 Å². The standard InChI is InChI=1S/C18H18N2OS/c1-12(13-5-3-2-4-6-13)20-15-9-10-22-17(15)11-16(20)18(21)19-14-7-8-14/h2-6,9-12,14H,7-8H2,1H3,(H,19,21)/t12-/m0/s1. The molecule has 1 aliphatic carbocycles. The van der Waals surface area contributed by atoms with Crippen LogP contribution in [0.3, 0.4) is 0 Å². The summed E-state index contributed by atoms with van der Waals surface area (Å²) in [5.74, 6) is 0.0497. The van der Waals surface area contributed by atoms with E-state index < -0.39 is 0 Å². The van der Waals surface area contributed by atoms with Crippen LogP contribution in [0.2, 0.25) is 0 Å². The number of amides is 1. The molecule has 0 spiro atoms. The van der Waals surface area contributed by atoms with Gasteiger partial charge in [0.05, 0.1) is 16.3 Å². The molecular formula is C18H18N2OS. The zero-order chi connectivity index (χ0) is 15.1. The molecule has 2 aromatic heterocycles. The quantitative estimate of drug-likeness (QED) is 0.770. The second-order valence-electron chi connectivity index (χ2n) is 5.90. The van der Waals surface area contributed by atoms with Gasteiger partial charge in [0.25, 0.3) is 5.91 Å². The first kappa shape index (κ1) is 13.6. The highest BCUT2D eigenvalue weighted by Crippen LogP contribution is 2.31. The molecular weight excluding hydrogens is 292 g/mol. The molecule has 1 N–H and O–H groups in total. The lowest BCUT2D eigenvalue weighted by atomic mass is 10.1. The molecule has 112 valence electrons. The molecule has 0 unspecified atom stereocenters. The predicted octanol–water partition coefficient (Wildman–Crippen LogP) is 4.20. The number of nitrogens with zero attached hydrogens (tertiary/aromatic N) is 1. The summed E-state index contributed by atoms with van der Waals surface area (Å²) in [6.07, 6.45) is 2.21. The number of fused-ring (bicyclic) bond motifs is 1. The molecule has 0 bridgehead atoms. The van der Waals surface area contributed by atoms with E-state index in [0.29, 0.717) is 6.04 Å². The van der Waals surface area contributed by atoms with Gasteiger partial charge in [0.15, 0.2) is 0 Å². The Morgan fingerprint density at radius 3 is 2.77 bits per heavy atom. The predicted molar refractivity (Wildman–Crippen MR) is 90.6 cm³/mol. The second-order valence-corrected chi connectivity index (χ2v) is 6.85. The Hall–Kier alpha value is -2.07. The summed E-state index contributed by atoms with van der Waals surface area (Å²) in [7, 11) is 0. The van der Waals surface area contributed by atoms with Crippen molar-refractivity contribution in [3.63, 3.8) is 0 Å². The molecule has 3 aromatic rings. The molecule has 0 radical (unpaired) electrons. The van der Waals surface area contributed by atoms with E-state index in [1.54, 1.807) is 11.3 Å². The van der Waals surface area contributed by atoms with Gasteiger partial charge in [-0.2, -0.15) is 0 Å². The van der Waals surface area contributed by atoms with Crippen LogP contribution in [-0.2, 0) is 0 Å². The molecule has 0 saturated heterocycles. The fourth-order valence-corrected chi connectivity index (χ4v) is 3.71. The minimum atomic E-state index is 0.0497. The highest BCUT2D eigenvalue weighted by Gasteiger charge is 2.27. The van der Waals surface area contributed by atoms with E-state index in [2.05, 4.69) is 40.4 Å². The van der Waals surface area contributed by atoms with Gasteiger partial charge in [-0.1, -0.05) is 30.3 Å². The number of aromatic nitrogens is 1. The van der Waals surface area contributed by atoms with Crippen LogP contribution in [-0.4, -0.2) is 16.5 Å². The number of thiophene rings is 1. The highest BCUT2D eigenvalue weighted by molar-refractivity contribution is 7.17. The summed E-state index contributed by atoms with van der Waals surface area (Å²) in [5, 5.41) is 5.20. The zero-order valence-corrected chi connectivity index (χ0v) is 13.3. The van der Waals surface area contributed by atoms with Crippen LogP contribution >= 0.6 is 11.3 Å². The zero-order valence-electron chi connectivity index (χ0n) is 12.5. The first-order valence-electron chi connectivity index (χ1n) is 7.68. The van der Waals surface area contributed by atoms with Crippen LogP contribution in [0.15, 0.2) is 47.8 Å². The van der Waals surface area contributed by atoms with E-state index in [1.165, 1.54) is 10.3 Å². The smallest absolute Gasteiger partial charge is 0.268 e. The van der Waals surface area contributed by atoms with Crippen LogP contribution in [0.1, 0.15) is 41.9 Å². The number of benzene rings is 1. The third-order valence-electron chi connectivity index (χ3n) is 4.27. The summed E-state index contributed by atoms with van der Waals surface area (Å²) < 4.78 is 3.34. The average Bonchev–Trinajstić information content (AvgIpc) is 3.10. The van der Waals surface area contributed by atoms with E-state index in [-0.39, 0.29) is 11.9 Å². The van der Waals surface area contributed by atoms with E-state index in [9.17, 15) is 4.79 Å². The van der Waals surface area contributed by atoms with E-state index in [4.69, 9.17) is 0 Å². The third-order valence-corrected chi connectivity index (χ3v) is 5.13. The van der Waals surface area contributed by atoms with Gasteiger partial charge in [-0.3, -0.25) is 4.79 Å². The topological polar surface area (TPSA) is 34.0 Å². The molecule has 4 heteroatoms. The van der Waals surface area contributed by atoms with Gasteiger partial charge in [0.2, 0.25) is 0 Å². The van der Waals surface area contributed by atoms with Crippen molar-refractivity contribution in [2.45, 2.75) is 31.8 Å². The van der Waals surface area contributed by atoms with Crippen LogP contribution in [0.4, 0.5) is 0 Å². The van der Waals surface area contributed by atoms with Crippen LogP contribution in [0.5, 0.6) is 0 Å². The Labute approximate surface area is 133 Å². The molecule has 1 atom stereocenters. The van der Waals surface area contributed by atoms with Crippen LogP contribution < -0.4 is 5.32 Å². The van der Waals surface area contributed by atoms with Crippen molar-refractivity contribution in [1.82, 2.24) is 9.88 Å². The van der Waals surface area contributed by atoms with Crippen molar-refractivity contribution in [2.24, 2.45) is 0 Å². The summed E-state index contributed by atoms with van der Waals surface area (Å²) in [6, 6.07) is 15.0. The number of rotatable bonds is 4. The van der Waals surface area contributed by atoms with Gasteiger partial charge in [-0.05, 0) is 42.8 Å². The molecule has 1 saturated carbocycles. The van der Waals surface area contributed by atoms with Gasteiger partial charge in [-0.15, -0.1) is 11.3 Å². The summed E-state index contributed by atoms with van der Waals surface area (Å²) in [4.78, 5) is 12.6. The molecule has 1 aromatic carbocycles. The minimum absolute atomic E-state index is 0.0497. The molecule has 1 amide bonds. The van der Waals surface area contributed by atoms with Crippen molar-refractivity contribution >= 4 is 27.5 Å². The molecule has 0 aliphatic heterocycles. The van der Waals surface area contributed by atoms with E-state index >= 15 is 0 Å². The van der Waals surface area contributed by atoms with Crippen molar-refractivity contribution in [1.29, 1.82) is 0 Å². The highest BCUT2D eigenvalue weighted by atomic mass is 32.1. The Balaban J connectivity index is 1.79. The maximum atomic E-state index is 12.6. The molecule has 4 rings (SSSR count). The number of hydrogen-bond donors (Lipinski definition) is 1. The largest absolute Gasteiger partial charge is 0.348 e. The Morgan fingerprint density at radius 1 is 1.27 bits per heavy atom. The Kier molecular flexibility index (Phi) is 3.26. The van der Waals surface area contributed by atoms with Crippen LogP contribution in [0, 0.1) is 0 Å². The van der Waals surface area contributed by atoms with Gasteiger partial charge in [0, 0.05) is 6.04 Å². The van der Waals surface area contributed by atoms with Crippen LogP contribution in [0.25, 0.3) is 10.2 Å². The van der Waals surface area contributed by atoms with Gasteiger partial charge in [-0.25, -0.2) is 0 Å². The van der Waals surface area contributed by atoms with Gasteiger partial charge >= 0.3 is 0 Å². The second kappa shape index (κ2) is 5.29. The maximum absolute atomic E-state index is 12.6. The lowest BCUT2D eigenvalue weighted by Gasteiger charge is -2.18. The summed E-state index contributed by atoms with van der Waals surface area (Å²) in [5.41, 5.74) is 3.12. The normalized spacial score (nSPS) is 15.9. The lowest BCUT2D eigenvalue weighted by Crippen LogP contribution is -2.28. The third kappa shape index (κ3) is 2.33. The first-order chi connectivity index (χ1) is 10.7. The van der Waals surface area contributed by atoms with E-state index in [0.717, 1.165) is 24.1 Å². The van der Waals surface area contributed by atoms with Gasteiger partial charge < -0.3 is 9.88 Å². The van der Waals surface area contributed by atoms with Crippen molar-refractivity contribution in [3.8, 4) is 0 Å². The lowest BCUT2D eigenvalue weighted by molar-refractivity contribution is 0.0941. The monoisotopic (exact) mass is 310 g/mol. The van der Waals surface area contributed by atoms with E-state index in [1.807, 2.05) is 24.3 Å². The minimum Gasteiger partial charge on any atom is -0.348 e. The Morgan fingerprint density at radius 2 is 2.05 bits per heavy atom. The fraction of sp³-hybridized carbons (Fsp3) is 0.278. The molecule has 22 heavy (non-hydrogen) atoms. The molecule has 1 fully saturated rings. The SMILES string of the molecule is C[C@@H](c1ccccc1)n1c(C(=O)NC2CC2)cc2sccc21. The summed E-state index contributed by atoms with van der Waals surface area (Å²) >= 11 is 1.69. The molecule has 1 aliphatic rings. The van der Waals surface area contributed by atoms with Crippen molar-refractivity contribution in [2.75, 3.05) is 0 Å². The van der Waals surface area contributed by atoms with Crippen molar-refractivity contribution < 1.29 is 4.79 Å². The number of carbonyl (C=O) groups is 1. The number of hydrogen-bond acceptors (Lipinski definition) is 2. The average molecular weight is 310 g/mol. The number of nitrogens with one attached hydrogen (secondary N) is 1.